The van der Waals surface area contributed by atoms with Gasteiger partial charge >= 0.3 is 0 Å². The van der Waals surface area contributed by atoms with E-state index in [9.17, 15) is 10.1 Å². The van der Waals surface area contributed by atoms with Gasteiger partial charge in [0.25, 0.3) is 5.91 Å². The van der Waals surface area contributed by atoms with Gasteiger partial charge in [-0.05, 0) is 31.0 Å². The van der Waals surface area contributed by atoms with Crippen molar-refractivity contribution in [3.63, 3.8) is 0 Å². The number of benzene rings is 1. The van der Waals surface area contributed by atoms with E-state index in [-0.39, 0.29) is 22.7 Å². The SMILES string of the molecule is CCOc1c(CCNc2ncnc3nc[nH]c23)cc(C#N)c(F)c1-c1ccc(C(=O)N(C)C)nc1. The van der Waals surface area contributed by atoms with Crippen molar-refractivity contribution < 1.29 is 13.9 Å². The minimum absolute atomic E-state index is 0.107. The molecule has 35 heavy (non-hydrogen) atoms. The molecule has 0 spiro atoms. The number of fused-ring (bicyclic) bond motifs is 1. The molecule has 0 atom stereocenters. The first-order chi connectivity index (χ1) is 16.9. The molecule has 10 nitrogen and oxygen atoms in total. The van der Waals surface area contributed by atoms with Crippen molar-refractivity contribution in [3.05, 3.63) is 59.7 Å². The highest BCUT2D eigenvalue weighted by Crippen LogP contribution is 2.38. The third-order valence-electron chi connectivity index (χ3n) is 5.29. The highest BCUT2D eigenvalue weighted by molar-refractivity contribution is 5.92. The molecule has 1 amide bonds. The van der Waals surface area contributed by atoms with E-state index >= 15 is 4.39 Å². The summed E-state index contributed by atoms with van der Waals surface area (Å²) in [6, 6.07) is 6.54. The molecule has 4 aromatic rings. The molecular formula is C24H23FN8O2. The molecule has 0 aliphatic carbocycles. The summed E-state index contributed by atoms with van der Waals surface area (Å²) in [5.74, 6) is -0.0564. The molecule has 3 heterocycles. The monoisotopic (exact) mass is 474 g/mol. The predicted molar refractivity (Wildman–Crippen MR) is 127 cm³/mol. The lowest BCUT2D eigenvalue weighted by atomic mass is 9.96. The zero-order chi connectivity index (χ0) is 24.9. The maximum absolute atomic E-state index is 15.4. The minimum Gasteiger partial charge on any atom is -0.493 e. The van der Waals surface area contributed by atoms with Crippen molar-refractivity contribution in [2.24, 2.45) is 0 Å². The number of hydrogen-bond acceptors (Lipinski definition) is 8. The third-order valence-corrected chi connectivity index (χ3v) is 5.29. The summed E-state index contributed by atoms with van der Waals surface area (Å²) in [5.41, 5.74) is 2.52. The number of aromatic amines is 1. The van der Waals surface area contributed by atoms with Crippen molar-refractivity contribution in [1.82, 2.24) is 29.8 Å². The van der Waals surface area contributed by atoms with E-state index in [4.69, 9.17) is 4.74 Å². The van der Waals surface area contributed by atoms with Crippen LogP contribution in [0.15, 0.2) is 37.1 Å². The number of pyridine rings is 1. The molecule has 0 saturated heterocycles. The summed E-state index contributed by atoms with van der Waals surface area (Å²) >= 11 is 0. The van der Waals surface area contributed by atoms with Crippen LogP contribution in [0.3, 0.4) is 0 Å². The molecule has 0 unspecified atom stereocenters. The van der Waals surface area contributed by atoms with Crippen LogP contribution in [0.4, 0.5) is 10.2 Å². The molecular weight excluding hydrogens is 451 g/mol. The molecule has 11 heteroatoms. The Morgan fingerprint density at radius 3 is 2.77 bits per heavy atom. The first-order valence-electron chi connectivity index (χ1n) is 10.9. The highest BCUT2D eigenvalue weighted by Gasteiger charge is 2.22. The quantitative estimate of drug-likeness (QED) is 0.398. The zero-order valence-corrected chi connectivity index (χ0v) is 19.5. The minimum atomic E-state index is -0.698. The van der Waals surface area contributed by atoms with Gasteiger partial charge < -0.3 is 19.9 Å². The third kappa shape index (κ3) is 4.72. The topological polar surface area (TPSA) is 133 Å². The molecule has 0 aliphatic rings. The van der Waals surface area contributed by atoms with Crippen LogP contribution in [0.5, 0.6) is 5.75 Å². The molecule has 0 aliphatic heterocycles. The number of carbonyl (C=O) groups is 1. The van der Waals surface area contributed by atoms with Gasteiger partial charge in [-0.3, -0.25) is 9.78 Å². The van der Waals surface area contributed by atoms with Gasteiger partial charge in [-0.25, -0.2) is 19.3 Å². The molecule has 0 radical (unpaired) electrons. The maximum atomic E-state index is 15.4. The van der Waals surface area contributed by atoms with Crippen LogP contribution in [-0.2, 0) is 6.42 Å². The van der Waals surface area contributed by atoms with Crippen LogP contribution in [0.2, 0.25) is 0 Å². The molecule has 3 aromatic heterocycles. The van der Waals surface area contributed by atoms with E-state index in [2.05, 4.69) is 30.2 Å². The summed E-state index contributed by atoms with van der Waals surface area (Å²) in [4.78, 5) is 33.2. The number of hydrogen-bond donors (Lipinski definition) is 2. The average Bonchev–Trinajstić information content (AvgIpc) is 3.35. The number of H-pyrrole nitrogens is 1. The van der Waals surface area contributed by atoms with Crippen LogP contribution >= 0.6 is 0 Å². The summed E-state index contributed by atoms with van der Waals surface area (Å²) < 4.78 is 21.2. The van der Waals surface area contributed by atoms with Crippen molar-refractivity contribution >= 4 is 22.9 Å². The van der Waals surface area contributed by atoms with Gasteiger partial charge in [0.15, 0.2) is 17.3 Å². The van der Waals surface area contributed by atoms with Gasteiger partial charge in [0.2, 0.25) is 0 Å². The maximum Gasteiger partial charge on any atom is 0.271 e. The fourth-order valence-electron chi connectivity index (χ4n) is 3.64. The van der Waals surface area contributed by atoms with E-state index < -0.39 is 5.82 Å². The van der Waals surface area contributed by atoms with E-state index in [1.165, 1.54) is 35.9 Å². The van der Waals surface area contributed by atoms with Crippen molar-refractivity contribution in [3.8, 4) is 22.9 Å². The second-order valence-corrected chi connectivity index (χ2v) is 7.78. The zero-order valence-electron chi connectivity index (χ0n) is 19.5. The lowest BCUT2D eigenvalue weighted by Crippen LogP contribution is -2.22. The Balaban J connectivity index is 1.68. The Morgan fingerprint density at radius 1 is 1.26 bits per heavy atom. The Morgan fingerprint density at radius 2 is 2.09 bits per heavy atom. The van der Waals surface area contributed by atoms with Gasteiger partial charge in [-0.1, -0.05) is 6.07 Å². The van der Waals surface area contributed by atoms with Crippen LogP contribution in [0.1, 0.15) is 28.5 Å². The number of ether oxygens (including phenoxy) is 1. The van der Waals surface area contributed by atoms with Gasteiger partial charge in [-0.2, -0.15) is 5.26 Å². The molecule has 4 rings (SSSR count). The van der Waals surface area contributed by atoms with Crippen LogP contribution < -0.4 is 10.1 Å². The second kappa shape index (κ2) is 10.1. The molecule has 1 aromatic carbocycles. The number of anilines is 1. The van der Waals surface area contributed by atoms with E-state index in [1.807, 2.05) is 6.07 Å². The average molecular weight is 475 g/mol. The van der Waals surface area contributed by atoms with E-state index in [0.717, 1.165) is 0 Å². The smallest absolute Gasteiger partial charge is 0.271 e. The molecule has 178 valence electrons. The number of halogens is 1. The number of imidazole rings is 1. The summed E-state index contributed by atoms with van der Waals surface area (Å²) in [5, 5.41) is 12.8. The molecule has 0 bridgehead atoms. The fraction of sp³-hybridized carbons (Fsp3) is 0.250. The number of carbonyl (C=O) groups excluding carboxylic acids is 1. The number of amides is 1. The fourth-order valence-corrected chi connectivity index (χ4v) is 3.64. The van der Waals surface area contributed by atoms with E-state index in [1.54, 1.807) is 27.1 Å². The van der Waals surface area contributed by atoms with Crippen molar-refractivity contribution in [2.75, 3.05) is 32.6 Å². The van der Waals surface area contributed by atoms with Crippen molar-refractivity contribution in [2.45, 2.75) is 13.3 Å². The number of nitrogens with one attached hydrogen (secondary N) is 2. The number of rotatable bonds is 8. The number of nitriles is 1. The standard InChI is InChI=1S/C24H23FN8O2/c1-4-35-21-14(7-8-27-22-20-23(30-12-29-20)32-13-31-22)9-16(10-26)19(25)18(21)15-5-6-17(28-11-15)24(34)33(2)3/h5-6,9,11-13H,4,7-8H2,1-3H3,(H2,27,29,30,31,32). The highest BCUT2D eigenvalue weighted by atomic mass is 19.1. The second-order valence-electron chi connectivity index (χ2n) is 7.78. The van der Waals surface area contributed by atoms with Gasteiger partial charge in [0, 0.05) is 32.4 Å². The Labute approximate surface area is 200 Å². The molecule has 0 fully saturated rings. The number of aromatic nitrogens is 5. The Bertz CT molecular complexity index is 1410. The van der Waals surface area contributed by atoms with E-state index in [0.29, 0.717) is 53.4 Å². The van der Waals surface area contributed by atoms with Crippen LogP contribution in [0, 0.1) is 17.1 Å². The number of nitrogens with zero attached hydrogens (tertiary/aromatic N) is 6. The lowest BCUT2D eigenvalue weighted by Gasteiger charge is -2.18. The predicted octanol–water partition coefficient (Wildman–Crippen LogP) is 3.18. The first kappa shape index (κ1) is 23.6. The van der Waals surface area contributed by atoms with Crippen LogP contribution in [-0.4, -0.2) is 63.0 Å². The Hall–Kier alpha value is -4.59. The molecule has 0 saturated carbocycles. The summed E-state index contributed by atoms with van der Waals surface area (Å²) in [6.45, 7) is 2.52. The molecule has 2 N–H and O–H groups in total. The summed E-state index contributed by atoms with van der Waals surface area (Å²) in [7, 11) is 3.25. The van der Waals surface area contributed by atoms with Crippen molar-refractivity contribution in [1.29, 1.82) is 5.26 Å². The first-order valence-corrected chi connectivity index (χ1v) is 10.9. The largest absolute Gasteiger partial charge is 0.493 e. The normalized spacial score (nSPS) is 10.7. The van der Waals surface area contributed by atoms with Crippen LogP contribution in [0.25, 0.3) is 22.3 Å². The lowest BCUT2D eigenvalue weighted by molar-refractivity contribution is 0.0822. The van der Waals surface area contributed by atoms with Gasteiger partial charge in [-0.15, -0.1) is 0 Å². The summed E-state index contributed by atoms with van der Waals surface area (Å²) in [6.07, 6.45) is 4.78. The Kier molecular flexibility index (Phi) is 6.82. The van der Waals surface area contributed by atoms with Gasteiger partial charge in [0.1, 0.15) is 29.4 Å². The van der Waals surface area contributed by atoms with Gasteiger partial charge in [0.05, 0.1) is 24.1 Å².